The molecule has 0 saturated heterocycles. The largest absolute Gasteiger partial charge is 0.491 e. The lowest BCUT2D eigenvalue weighted by Crippen LogP contribution is -2.15. The molecule has 0 N–H and O–H groups in total. The zero-order valence-electron chi connectivity index (χ0n) is 26.0. The van der Waals surface area contributed by atoms with Crippen molar-refractivity contribution in [1.82, 2.24) is 0 Å². The van der Waals surface area contributed by atoms with E-state index in [0.29, 0.717) is 111 Å². The van der Waals surface area contributed by atoms with Crippen LogP contribution in [-0.2, 0) is 52.2 Å². The van der Waals surface area contributed by atoms with E-state index in [-0.39, 0.29) is 23.8 Å². The van der Waals surface area contributed by atoms with E-state index in [2.05, 4.69) is 0 Å². The van der Waals surface area contributed by atoms with Crippen LogP contribution in [0.15, 0.2) is 59.5 Å². The third-order valence-corrected chi connectivity index (χ3v) is 6.97. The molecule has 0 bridgehead atoms. The van der Waals surface area contributed by atoms with E-state index in [1.807, 2.05) is 0 Å². The van der Waals surface area contributed by atoms with Crippen LogP contribution in [0.25, 0.3) is 0 Å². The topological polar surface area (TPSA) is 170 Å². The maximum absolute atomic E-state index is 12.0. The SMILES string of the molecule is O=[N+]([O-])c1ccc(OCCOCCOCCOCCOCCOCCOCCOCCOCCOS(=O)(=O)c2ccccc2)cc1. The van der Waals surface area contributed by atoms with Crippen molar-refractivity contribution in [1.29, 1.82) is 0 Å². The molecule has 260 valence electrons. The van der Waals surface area contributed by atoms with Gasteiger partial charge in [-0.25, -0.2) is 0 Å². The van der Waals surface area contributed by atoms with Gasteiger partial charge >= 0.3 is 0 Å². The number of nitro groups is 1. The summed E-state index contributed by atoms with van der Waals surface area (Å²) >= 11 is 0. The number of non-ortho nitro benzene ring substituents is 1. The molecule has 2 aromatic rings. The molecule has 0 aliphatic rings. The van der Waals surface area contributed by atoms with Gasteiger partial charge in [-0.05, 0) is 24.3 Å². The van der Waals surface area contributed by atoms with Gasteiger partial charge in [0, 0.05) is 12.1 Å². The highest BCUT2D eigenvalue weighted by Crippen LogP contribution is 2.17. The number of rotatable bonds is 31. The second-order valence-electron chi connectivity index (χ2n) is 9.09. The Morgan fingerprint density at radius 1 is 0.478 bits per heavy atom. The fourth-order valence-electron chi connectivity index (χ4n) is 3.38. The van der Waals surface area contributed by atoms with Crippen molar-refractivity contribution in [2.24, 2.45) is 0 Å². The summed E-state index contributed by atoms with van der Waals surface area (Å²) in [6.07, 6.45) is 0. The van der Waals surface area contributed by atoms with Crippen molar-refractivity contribution in [2.75, 3.05) is 119 Å². The van der Waals surface area contributed by atoms with Crippen LogP contribution in [0.3, 0.4) is 0 Å². The van der Waals surface area contributed by atoms with E-state index >= 15 is 0 Å². The normalized spacial score (nSPS) is 11.6. The molecule has 2 rings (SSSR count). The summed E-state index contributed by atoms with van der Waals surface area (Å²) in [5.41, 5.74) is 0.0184. The van der Waals surface area contributed by atoms with Crippen LogP contribution in [-0.4, -0.2) is 132 Å². The predicted molar refractivity (Wildman–Crippen MR) is 165 cm³/mol. The quantitative estimate of drug-likeness (QED) is 0.0494. The molecular weight excluding hydrogens is 630 g/mol. The van der Waals surface area contributed by atoms with Crippen molar-refractivity contribution in [3.63, 3.8) is 0 Å². The average Bonchev–Trinajstić information content (AvgIpc) is 3.06. The zero-order valence-corrected chi connectivity index (χ0v) is 26.8. The van der Waals surface area contributed by atoms with Crippen LogP contribution in [0.4, 0.5) is 5.69 Å². The minimum atomic E-state index is -3.76. The third-order valence-electron chi connectivity index (χ3n) is 5.65. The Labute approximate surface area is 270 Å². The molecule has 0 unspecified atom stereocenters. The first-order valence-corrected chi connectivity index (χ1v) is 16.3. The van der Waals surface area contributed by atoms with E-state index < -0.39 is 15.0 Å². The van der Waals surface area contributed by atoms with E-state index in [4.69, 9.17) is 46.8 Å². The Morgan fingerprint density at radius 2 is 0.826 bits per heavy atom. The highest BCUT2D eigenvalue weighted by atomic mass is 32.2. The van der Waals surface area contributed by atoms with Gasteiger partial charge in [-0.3, -0.25) is 14.3 Å². The first-order chi connectivity index (χ1) is 22.5. The molecule has 0 atom stereocenters. The fourth-order valence-corrected chi connectivity index (χ4v) is 4.30. The second-order valence-corrected chi connectivity index (χ2v) is 10.7. The second kappa shape index (κ2) is 26.3. The first kappa shape index (κ1) is 39.4. The lowest BCUT2D eigenvalue weighted by atomic mass is 10.3. The fraction of sp³-hybridized carbons (Fsp3) is 0.600. The van der Waals surface area contributed by atoms with Crippen LogP contribution in [0.5, 0.6) is 5.75 Å². The Balaban J connectivity index is 1.20. The van der Waals surface area contributed by atoms with Crippen LogP contribution in [0.2, 0.25) is 0 Å². The van der Waals surface area contributed by atoms with Crippen molar-refractivity contribution in [3.8, 4) is 5.75 Å². The summed E-state index contributed by atoms with van der Waals surface area (Å²) in [6, 6.07) is 13.8. The van der Waals surface area contributed by atoms with Crippen LogP contribution < -0.4 is 4.74 Å². The summed E-state index contributed by atoms with van der Waals surface area (Å²) in [5, 5.41) is 10.6. The molecule has 0 aromatic heterocycles. The van der Waals surface area contributed by atoms with E-state index in [0.717, 1.165) is 0 Å². The molecule has 0 aliphatic heterocycles. The molecule has 0 spiro atoms. The lowest BCUT2D eigenvalue weighted by molar-refractivity contribution is -0.384. The molecule has 16 heteroatoms. The van der Waals surface area contributed by atoms with E-state index in [1.165, 1.54) is 24.3 Å². The van der Waals surface area contributed by atoms with Crippen molar-refractivity contribution in [3.05, 3.63) is 64.7 Å². The molecule has 0 heterocycles. The monoisotopic (exact) mass is 675 g/mol. The van der Waals surface area contributed by atoms with Gasteiger partial charge in [-0.2, -0.15) is 8.42 Å². The van der Waals surface area contributed by atoms with Crippen LogP contribution in [0, 0.1) is 10.1 Å². The standard InChI is InChI=1S/C30H45NO14S/c32-31(33)28-6-8-29(9-7-28)44-26-24-42-22-20-40-18-16-38-14-12-36-10-11-37-13-15-39-17-19-41-21-23-43-25-27-45-46(34,35)30-4-2-1-3-5-30/h1-9H,10-27H2. The molecular formula is C30H45NO14S. The molecule has 0 amide bonds. The molecule has 2 aromatic carbocycles. The van der Waals surface area contributed by atoms with E-state index in [9.17, 15) is 18.5 Å². The van der Waals surface area contributed by atoms with Gasteiger partial charge in [0.05, 0.1) is 122 Å². The molecule has 0 fully saturated rings. The predicted octanol–water partition coefficient (Wildman–Crippen LogP) is 2.51. The minimum Gasteiger partial charge on any atom is -0.491 e. The van der Waals surface area contributed by atoms with Crippen LogP contribution >= 0.6 is 0 Å². The number of hydrogen-bond donors (Lipinski definition) is 0. The van der Waals surface area contributed by atoms with Crippen molar-refractivity contribution in [2.45, 2.75) is 4.90 Å². The summed E-state index contributed by atoms with van der Waals surface area (Å²) in [7, 11) is -3.76. The highest BCUT2D eigenvalue weighted by molar-refractivity contribution is 7.86. The van der Waals surface area contributed by atoms with Gasteiger partial charge in [0.2, 0.25) is 0 Å². The Bertz CT molecular complexity index is 1120. The maximum atomic E-state index is 12.0. The van der Waals surface area contributed by atoms with Gasteiger partial charge in [-0.1, -0.05) is 18.2 Å². The Morgan fingerprint density at radius 3 is 1.20 bits per heavy atom. The molecule has 0 radical (unpaired) electrons. The number of nitrogens with zero attached hydrogens (tertiary/aromatic N) is 1. The summed E-state index contributed by atoms with van der Waals surface area (Å²) < 4.78 is 77.6. The van der Waals surface area contributed by atoms with Gasteiger partial charge in [0.15, 0.2) is 0 Å². The smallest absolute Gasteiger partial charge is 0.297 e. The Hall–Kier alpha value is -2.77. The number of ether oxygens (including phenoxy) is 9. The van der Waals surface area contributed by atoms with Gasteiger partial charge in [0.25, 0.3) is 15.8 Å². The van der Waals surface area contributed by atoms with Crippen molar-refractivity contribution >= 4 is 15.8 Å². The minimum absolute atomic E-state index is 0.0184. The number of nitro benzene ring substituents is 1. The third kappa shape index (κ3) is 20.4. The van der Waals surface area contributed by atoms with Gasteiger partial charge in [0.1, 0.15) is 12.4 Å². The van der Waals surface area contributed by atoms with E-state index in [1.54, 1.807) is 30.3 Å². The first-order valence-electron chi connectivity index (χ1n) is 14.9. The number of benzene rings is 2. The molecule has 15 nitrogen and oxygen atoms in total. The van der Waals surface area contributed by atoms with Gasteiger partial charge < -0.3 is 42.6 Å². The lowest BCUT2D eigenvalue weighted by Gasteiger charge is -2.09. The summed E-state index contributed by atoms with van der Waals surface area (Å²) in [6.45, 7) is 6.77. The summed E-state index contributed by atoms with van der Waals surface area (Å²) in [4.78, 5) is 10.3. The zero-order chi connectivity index (χ0) is 33.0. The number of hydrogen-bond acceptors (Lipinski definition) is 14. The average molecular weight is 676 g/mol. The highest BCUT2D eigenvalue weighted by Gasteiger charge is 2.13. The molecule has 46 heavy (non-hydrogen) atoms. The Kier molecular flexibility index (Phi) is 22.5. The summed E-state index contributed by atoms with van der Waals surface area (Å²) in [5.74, 6) is 0.547. The maximum Gasteiger partial charge on any atom is 0.297 e. The van der Waals surface area contributed by atoms with Crippen molar-refractivity contribution < 1.29 is 60.2 Å². The van der Waals surface area contributed by atoms with Crippen LogP contribution in [0.1, 0.15) is 0 Å². The molecule has 0 saturated carbocycles. The molecule has 0 aliphatic carbocycles. The van der Waals surface area contributed by atoms with Gasteiger partial charge in [-0.15, -0.1) is 0 Å².